The number of hydrogen-bond acceptors (Lipinski definition) is 2. The molecule has 0 saturated heterocycles. The zero-order valence-electron chi connectivity index (χ0n) is 7.17. The average molecular weight is 160 g/mol. The summed E-state index contributed by atoms with van der Waals surface area (Å²) in [4.78, 5) is 4.12. The van der Waals surface area contributed by atoms with Crippen LogP contribution in [-0.4, -0.2) is 11.5 Å². The number of hydrogen-bond donors (Lipinski definition) is 1. The summed E-state index contributed by atoms with van der Waals surface area (Å²) in [5.41, 5.74) is 7.26. The van der Waals surface area contributed by atoms with E-state index in [1.165, 1.54) is 0 Å². The van der Waals surface area contributed by atoms with Crippen molar-refractivity contribution in [1.82, 2.24) is 4.98 Å². The molecule has 0 radical (unpaired) electrons. The van der Waals surface area contributed by atoms with Crippen molar-refractivity contribution in [2.75, 3.05) is 6.54 Å². The second kappa shape index (κ2) is 4.53. The maximum absolute atomic E-state index is 5.30. The van der Waals surface area contributed by atoms with Crippen molar-refractivity contribution in [3.8, 4) is 11.8 Å². The van der Waals surface area contributed by atoms with E-state index in [1.54, 1.807) is 6.20 Å². The first kappa shape index (κ1) is 8.76. The predicted octanol–water partition coefficient (Wildman–Crippen LogP) is 1.09. The molecule has 1 aromatic heterocycles. The Hall–Kier alpha value is -1.33. The van der Waals surface area contributed by atoms with Crippen molar-refractivity contribution in [2.45, 2.75) is 13.3 Å². The van der Waals surface area contributed by atoms with Gasteiger partial charge >= 0.3 is 0 Å². The molecular weight excluding hydrogens is 148 g/mol. The molecule has 0 amide bonds. The summed E-state index contributed by atoms with van der Waals surface area (Å²) in [6, 6.07) is 3.91. The Morgan fingerprint density at radius 1 is 1.50 bits per heavy atom. The fourth-order valence-electron chi connectivity index (χ4n) is 0.778. The molecule has 0 fully saturated rings. The highest BCUT2D eigenvalue weighted by Gasteiger charge is 1.85. The van der Waals surface area contributed by atoms with Gasteiger partial charge in [0.15, 0.2) is 0 Å². The van der Waals surface area contributed by atoms with E-state index in [2.05, 4.69) is 16.8 Å². The van der Waals surface area contributed by atoms with Crippen molar-refractivity contribution < 1.29 is 0 Å². The van der Waals surface area contributed by atoms with Gasteiger partial charge in [0.25, 0.3) is 0 Å². The quantitative estimate of drug-likeness (QED) is 0.624. The van der Waals surface area contributed by atoms with Gasteiger partial charge in [-0.05, 0) is 19.1 Å². The summed E-state index contributed by atoms with van der Waals surface area (Å²) in [6.07, 6.45) is 2.52. The number of nitrogens with two attached hydrogens (primary N) is 1. The molecular formula is C10H12N2. The highest BCUT2D eigenvalue weighted by atomic mass is 14.6. The van der Waals surface area contributed by atoms with Crippen molar-refractivity contribution >= 4 is 0 Å². The maximum Gasteiger partial charge on any atom is 0.0428 e. The Labute approximate surface area is 72.8 Å². The SMILES string of the molecule is Cc1ccc(C#CCCN)cn1. The molecule has 0 saturated carbocycles. The number of pyridine rings is 1. The summed E-state index contributed by atoms with van der Waals surface area (Å²) in [6.45, 7) is 2.57. The Morgan fingerprint density at radius 3 is 2.92 bits per heavy atom. The molecule has 2 N–H and O–H groups in total. The minimum Gasteiger partial charge on any atom is -0.330 e. The normalized spacial score (nSPS) is 8.83. The van der Waals surface area contributed by atoms with E-state index in [0.717, 1.165) is 17.7 Å². The van der Waals surface area contributed by atoms with Gasteiger partial charge in [0.1, 0.15) is 0 Å². The zero-order chi connectivity index (χ0) is 8.81. The molecule has 0 bridgehead atoms. The molecule has 0 aromatic carbocycles. The third-order valence-corrected chi connectivity index (χ3v) is 1.41. The van der Waals surface area contributed by atoms with Crippen LogP contribution in [0.1, 0.15) is 17.7 Å². The number of rotatable bonds is 1. The molecule has 1 heterocycles. The Balaban J connectivity index is 2.66. The van der Waals surface area contributed by atoms with Crippen LogP contribution in [0.25, 0.3) is 0 Å². The summed E-state index contributed by atoms with van der Waals surface area (Å²) in [5, 5.41) is 0. The van der Waals surface area contributed by atoms with Crippen molar-refractivity contribution in [2.24, 2.45) is 5.73 Å². The van der Waals surface area contributed by atoms with E-state index in [4.69, 9.17) is 5.73 Å². The summed E-state index contributed by atoms with van der Waals surface area (Å²) in [7, 11) is 0. The fourth-order valence-corrected chi connectivity index (χ4v) is 0.778. The minimum absolute atomic E-state index is 0.617. The van der Waals surface area contributed by atoms with Gasteiger partial charge in [-0.25, -0.2) is 0 Å². The minimum atomic E-state index is 0.617. The van der Waals surface area contributed by atoms with E-state index < -0.39 is 0 Å². The average Bonchev–Trinajstić information content (AvgIpc) is 2.09. The smallest absolute Gasteiger partial charge is 0.0428 e. The van der Waals surface area contributed by atoms with E-state index in [-0.39, 0.29) is 0 Å². The lowest BCUT2D eigenvalue weighted by atomic mass is 10.2. The highest BCUT2D eigenvalue weighted by molar-refractivity contribution is 5.32. The molecule has 0 atom stereocenters. The van der Waals surface area contributed by atoms with Crippen LogP contribution in [0.15, 0.2) is 18.3 Å². The van der Waals surface area contributed by atoms with E-state index >= 15 is 0 Å². The largest absolute Gasteiger partial charge is 0.330 e. The molecule has 0 aliphatic carbocycles. The van der Waals surface area contributed by atoms with Crippen LogP contribution in [0.5, 0.6) is 0 Å². The first-order chi connectivity index (χ1) is 5.83. The molecule has 1 rings (SSSR count). The molecule has 2 nitrogen and oxygen atoms in total. The second-order valence-electron chi connectivity index (χ2n) is 2.53. The van der Waals surface area contributed by atoms with Gasteiger partial charge in [0.2, 0.25) is 0 Å². The van der Waals surface area contributed by atoms with Crippen LogP contribution in [-0.2, 0) is 0 Å². The first-order valence-corrected chi connectivity index (χ1v) is 3.94. The summed E-state index contributed by atoms with van der Waals surface area (Å²) in [5.74, 6) is 5.94. The fraction of sp³-hybridized carbons (Fsp3) is 0.300. The summed E-state index contributed by atoms with van der Waals surface area (Å²) >= 11 is 0. The first-order valence-electron chi connectivity index (χ1n) is 3.94. The van der Waals surface area contributed by atoms with Crippen LogP contribution >= 0.6 is 0 Å². The van der Waals surface area contributed by atoms with Crippen LogP contribution < -0.4 is 5.73 Å². The molecule has 2 heteroatoms. The lowest BCUT2D eigenvalue weighted by molar-refractivity contribution is 1.03. The Bertz CT molecular complexity index is 290. The van der Waals surface area contributed by atoms with Crippen LogP contribution in [0.3, 0.4) is 0 Å². The highest BCUT2D eigenvalue weighted by Crippen LogP contribution is 1.96. The predicted molar refractivity (Wildman–Crippen MR) is 49.5 cm³/mol. The summed E-state index contributed by atoms with van der Waals surface area (Å²) < 4.78 is 0. The Morgan fingerprint density at radius 2 is 2.33 bits per heavy atom. The Kier molecular flexibility index (Phi) is 3.31. The third kappa shape index (κ3) is 2.73. The van der Waals surface area contributed by atoms with E-state index in [0.29, 0.717) is 6.54 Å². The number of aryl methyl sites for hydroxylation is 1. The molecule has 0 aliphatic heterocycles. The topological polar surface area (TPSA) is 38.9 Å². The lowest BCUT2D eigenvalue weighted by Crippen LogP contribution is -1.95. The van der Waals surface area contributed by atoms with Gasteiger partial charge in [0.05, 0.1) is 0 Å². The van der Waals surface area contributed by atoms with Crippen LogP contribution in [0.4, 0.5) is 0 Å². The lowest BCUT2D eigenvalue weighted by Gasteiger charge is -1.90. The van der Waals surface area contributed by atoms with Crippen LogP contribution in [0, 0.1) is 18.8 Å². The van der Waals surface area contributed by atoms with Crippen LogP contribution in [0.2, 0.25) is 0 Å². The standard InChI is InChI=1S/C10H12N2/c1-9-5-6-10(8-12-9)4-2-3-7-11/h5-6,8H,3,7,11H2,1H3. The van der Waals surface area contributed by atoms with Crippen molar-refractivity contribution in [1.29, 1.82) is 0 Å². The van der Waals surface area contributed by atoms with Gasteiger partial charge in [-0.3, -0.25) is 4.98 Å². The van der Waals surface area contributed by atoms with Gasteiger partial charge in [-0.1, -0.05) is 11.8 Å². The van der Waals surface area contributed by atoms with Gasteiger partial charge in [-0.15, -0.1) is 0 Å². The van der Waals surface area contributed by atoms with Gasteiger partial charge in [0, 0.05) is 30.4 Å². The molecule has 0 spiro atoms. The molecule has 0 unspecified atom stereocenters. The van der Waals surface area contributed by atoms with Crippen molar-refractivity contribution in [3.63, 3.8) is 0 Å². The molecule has 0 aliphatic rings. The molecule has 12 heavy (non-hydrogen) atoms. The second-order valence-corrected chi connectivity index (χ2v) is 2.53. The van der Waals surface area contributed by atoms with Crippen molar-refractivity contribution in [3.05, 3.63) is 29.6 Å². The zero-order valence-corrected chi connectivity index (χ0v) is 7.17. The monoisotopic (exact) mass is 160 g/mol. The molecule has 1 aromatic rings. The number of aromatic nitrogens is 1. The number of nitrogens with zero attached hydrogens (tertiary/aromatic N) is 1. The van der Waals surface area contributed by atoms with Gasteiger partial charge < -0.3 is 5.73 Å². The molecule has 62 valence electrons. The maximum atomic E-state index is 5.30. The third-order valence-electron chi connectivity index (χ3n) is 1.41. The van der Waals surface area contributed by atoms with Gasteiger partial charge in [-0.2, -0.15) is 0 Å². The van der Waals surface area contributed by atoms with E-state index in [9.17, 15) is 0 Å². The van der Waals surface area contributed by atoms with E-state index in [1.807, 2.05) is 19.1 Å².